The number of hydrogen-bond donors (Lipinski definition) is 2. The number of rotatable bonds is 6. The third-order valence-corrected chi connectivity index (χ3v) is 5.04. The van der Waals surface area contributed by atoms with Crippen LogP contribution in [0, 0.1) is 5.92 Å². The number of anilines is 1. The largest absolute Gasteiger partial charge is 0.447 e. The average molecular weight is 318 g/mol. The molecule has 0 spiro atoms. The quantitative estimate of drug-likeness (QED) is 0.847. The van der Waals surface area contributed by atoms with E-state index in [1.54, 1.807) is 4.90 Å². The highest BCUT2D eigenvalue weighted by atomic mass is 16.6. The Bertz CT molecular complexity index is 526. The zero-order valence-electron chi connectivity index (χ0n) is 13.7. The van der Waals surface area contributed by atoms with Crippen LogP contribution in [0.25, 0.3) is 0 Å². The first-order chi connectivity index (χ1) is 11.1. The monoisotopic (exact) mass is 318 g/mol. The van der Waals surface area contributed by atoms with Crippen molar-refractivity contribution < 1.29 is 14.6 Å². The molecular formula is C18H26N2O3. The lowest BCUT2D eigenvalue weighted by Gasteiger charge is -2.22. The van der Waals surface area contributed by atoms with Crippen LogP contribution in [0.4, 0.5) is 10.5 Å². The Morgan fingerprint density at radius 1 is 1.30 bits per heavy atom. The summed E-state index contributed by atoms with van der Waals surface area (Å²) in [7, 11) is 0. The summed E-state index contributed by atoms with van der Waals surface area (Å²) in [5.41, 5.74) is 2.02. The third kappa shape index (κ3) is 3.85. The van der Waals surface area contributed by atoms with E-state index in [1.165, 1.54) is 12.8 Å². The Hall–Kier alpha value is -1.59. The molecule has 23 heavy (non-hydrogen) atoms. The maximum Gasteiger partial charge on any atom is 0.414 e. The highest BCUT2D eigenvalue weighted by Crippen LogP contribution is 2.28. The number of carbonyl (C=O) groups is 1. The molecule has 2 atom stereocenters. The summed E-state index contributed by atoms with van der Waals surface area (Å²) < 4.78 is 4.96. The first kappa shape index (κ1) is 16.3. The zero-order valence-corrected chi connectivity index (χ0v) is 13.7. The van der Waals surface area contributed by atoms with E-state index >= 15 is 0 Å². The lowest BCUT2D eigenvalue weighted by Crippen LogP contribution is -2.33. The van der Waals surface area contributed by atoms with Crippen molar-refractivity contribution in [2.45, 2.75) is 44.8 Å². The first-order valence-electron chi connectivity index (χ1n) is 8.61. The molecule has 1 aliphatic heterocycles. The molecule has 1 saturated heterocycles. The zero-order chi connectivity index (χ0) is 16.2. The van der Waals surface area contributed by atoms with E-state index < -0.39 is 0 Å². The topological polar surface area (TPSA) is 61.8 Å². The minimum atomic E-state index is -0.274. The molecule has 2 unspecified atom stereocenters. The van der Waals surface area contributed by atoms with Crippen LogP contribution in [-0.2, 0) is 4.74 Å². The molecule has 2 N–H and O–H groups in total. The van der Waals surface area contributed by atoms with E-state index in [2.05, 4.69) is 12.2 Å². The van der Waals surface area contributed by atoms with Crippen molar-refractivity contribution >= 4 is 11.8 Å². The van der Waals surface area contributed by atoms with Crippen LogP contribution in [0.3, 0.4) is 0 Å². The maximum absolute atomic E-state index is 11.6. The van der Waals surface area contributed by atoms with E-state index in [1.807, 2.05) is 24.3 Å². The number of ether oxygens (including phenoxy) is 1. The van der Waals surface area contributed by atoms with Crippen LogP contribution < -0.4 is 10.2 Å². The fourth-order valence-electron chi connectivity index (χ4n) is 3.50. The number of nitrogens with one attached hydrogen (secondary N) is 1. The Labute approximate surface area is 137 Å². The van der Waals surface area contributed by atoms with Crippen molar-refractivity contribution in [1.29, 1.82) is 0 Å². The SMILES string of the molecule is CC(NCC(O)C1CCCC1)c1ccc(N2CCOC2=O)cc1. The molecule has 5 nitrogen and oxygen atoms in total. The van der Waals surface area contributed by atoms with Gasteiger partial charge < -0.3 is 15.2 Å². The molecular weight excluding hydrogens is 292 g/mol. The van der Waals surface area contributed by atoms with Gasteiger partial charge in [0.2, 0.25) is 0 Å². The van der Waals surface area contributed by atoms with Crippen LogP contribution >= 0.6 is 0 Å². The molecule has 0 bridgehead atoms. The van der Waals surface area contributed by atoms with Gasteiger partial charge in [-0.05, 0) is 43.4 Å². The molecule has 126 valence electrons. The highest BCUT2D eigenvalue weighted by Gasteiger charge is 2.24. The van der Waals surface area contributed by atoms with E-state index in [0.29, 0.717) is 25.6 Å². The molecule has 0 radical (unpaired) electrons. The molecule has 2 aliphatic rings. The van der Waals surface area contributed by atoms with Gasteiger partial charge in [-0.3, -0.25) is 4.90 Å². The molecule has 1 amide bonds. The standard InChI is InChI=1S/C18H26N2O3/c1-13(19-12-17(21)15-4-2-3-5-15)14-6-8-16(9-7-14)20-10-11-23-18(20)22/h6-9,13,15,17,19,21H,2-5,10-12H2,1H3. The number of hydrogen-bond acceptors (Lipinski definition) is 4. The number of aliphatic hydroxyl groups is 1. The van der Waals surface area contributed by atoms with Gasteiger partial charge in [-0.25, -0.2) is 4.79 Å². The smallest absolute Gasteiger partial charge is 0.414 e. The molecule has 1 heterocycles. The van der Waals surface area contributed by atoms with Crippen molar-refractivity contribution in [3.05, 3.63) is 29.8 Å². The molecule has 3 rings (SSSR count). The maximum atomic E-state index is 11.6. The van der Waals surface area contributed by atoms with Gasteiger partial charge >= 0.3 is 6.09 Å². The average Bonchev–Trinajstić information content (AvgIpc) is 3.24. The predicted molar refractivity (Wildman–Crippen MR) is 89.5 cm³/mol. The molecule has 1 saturated carbocycles. The van der Waals surface area contributed by atoms with Crippen molar-refractivity contribution in [1.82, 2.24) is 5.32 Å². The van der Waals surface area contributed by atoms with Crippen molar-refractivity contribution in [3.8, 4) is 0 Å². The minimum absolute atomic E-state index is 0.172. The van der Waals surface area contributed by atoms with Crippen molar-refractivity contribution in [2.24, 2.45) is 5.92 Å². The number of carbonyl (C=O) groups excluding carboxylic acids is 1. The Morgan fingerprint density at radius 3 is 2.61 bits per heavy atom. The number of nitrogens with zero attached hydrogens (tertiary/aromatic N) is 1. The summed E-state index contributed by atoms with van der Waals surface area (Å²) in [5.74, 6) is 0.457. The summed E-state index contributed by atoms with van der Waals surface area (Å²) in [4.78, 5) is 13.2. The van der Waals surface area contributed by atoms with Crippen LogP contribution in [0.2, 0.25) is 0 Å². The number of cyclic esters (lactones) is 1. The molecule has 2 fully saturated rings. The van der Waals surface area contributed by atoms with Gasteiger partial charge in [0.05, 0.1) is 12.6 Å². The molecule has 5 heteroatoms. The van der Waals surface area contributed by atoms with Crippen LogP contribution in [0.15, 0.2) is 24.3 Å². The van der Waals surface area contributed by atoms with Gasteiger partial charge in [0.1, 0.15) is 6.61 Å². The second kappa shape index (κ2) is 7.32. The minimum Gasteiger partial charge on any atom is -0.447 e. The molecule has 1 aliphatic carbocycles. The summed E-state index contributed by atoms with van der Waals surface area (Å²) in [6.07, 6.45) is 4.27. The predicted octanol–water partition coefficient (Wildman–Crippen LogP) is 2.84. The van der Waals surface area contributed by atoms with Gasteiger partial charge in [0, 0.05) is 18.3 Å². The molecule has 1 aromatic carbocycles. The Balaban J connectivity index is 1.53. The summed E-state index contributed by atoms with van der Waals surface area (Å²) in [5, 5.41) is 13.7. The highest BCUT2D eigenvalue weighted by molar-refractivity contribution is 5.89. The third-order valence-electron chi connectivity index (χ3n) is 5.04. The number of benzene rings is 1. The van der Waals surface area contributed by atoms with Crippen LogP contribution in [0.5, 0.6) is 0 Å². The van der Waals surface area contributed by atoms with E-state index in [-0.39, 0.29) is 18.2 Å². The fraction of sp³-hybridized carbons (Fsp3) is 0.611. The molecule has 0 aromatic heterocycles. The Morgan fingerprint density at radius 2 is 2.00 bits per heavy atom. The summed E-state index contributed by atoms with van der Waals surface area (Å²) >= 11 is 0. The Kier molecular flexibility index (Phi) is 5.18. The van der Waals surface area contributed by atoms with Crippen molar-refractivity contribution in [2.75, 3.05) is 24.6 Å². The van der Waals surface area contributed by atoms with E-state index in [9.17, 15) is 9.90 Å². The normalized spacial score (nSPS) is 21.5. The van der Waals surface area contributed by atoms with Gasteiger partial charge in [0.15, 0.2) is 0 Å². The molecule has 1 aromatic rings. The number of aliphatic hydroxyl groups excluding tert-OH is 1. The second-order valence-electron chi connectivity index (χ2n) is 6.60. The van der Waals surface area contributed by atoms with Crippen LogP contribution in [0.1, 0.15) is 44.2 Å². The second-order valence-corrected chi connectivity index (χ2v) is 6.60. The van der Waals surface area contributed by atoms with Crippen molar-refractivity contribution in [3.63, 3.8) is 0 Å². The number of amides is 1. The summed E-state index contributed by atoms with van der Waals surface area (Å²) in [6.45, 7) is 3.80. The fourth-order valence-corrected chi connectivity index (χ4v) is 3.50. The first-order valence-corrected chi connectivity index (χ1v) is 8.61. The summed E-state index contributed by atoms with van der Waals surface area (Å²) in [6, 6.07) is 8.13. The lowest BCUT2D eigenvalue weighted by molar-refractivity contribution is 0.106. The lowest BCUT2D eigenvalue weighted by atomic mass is 10.00. The van der Waals surface area contributed by atoms with Gasteiger partial charge in [0.25, 0.3) is 0 Å². The van der Waals surface area contributed by atoms with E-state index in [4.69, 9.17) is 4.74 Å². The van der Waals surface area contributed by atoms with Gasteiger partial charge in [-0.15, -0.1) is 0 Å². The van der Waals surface area contributed by atoms with Gasteiger partial charge in [-0.1, -0.05) is 25.0 Å². The van der Waals surface area contributed by atoms with E-state index in [0.717, 1.165) is 24.1 Å². The van der Waals surface area contributed by atoms with Crippen LogP contribution in [-0.4, -0.2) is 37.0 Å². The van der Waals surface area contributed by atoms with Gasteiger partial charge in [-0.2, -0.15) is 0 Å².